The van der Waals surface area contributed by atoms with E-state index < -0.39 is 7.82 Å². The summed E-state index contributed by atoms with van der Waals surface area (Å²) in [7, 11) is -3.84. The van der Waals surface area contributed by atoms with Gasteiger partial charge in [-0.25, -0.2) is 4.57 Å². The topological polar surface area (TPSA) is 63.2 Å². The average molecular weight is 414 g/mol. The van der Waals surface area contributed by atoms with Crippen molar-refractivity contribution in [3.05, 3.63) is 91.0 Å². The normalized spacial score (nSPS) is 11.0. The van der Waals surface area contributed by atoms with Crippen molar-refractivity contribution in [1.82, 2.24) is 0 Å². The minimum atomic E-state index is -3.84. The number of phosphoric acid groups is 1. The molecule has 3 rings (SSSR count). The van der Waals surface area contributed by atoms with E-state index in [0.29, 0.717) is 17.2 Å². The van der Waals surface area contributed by atoms with Gasteiger partial charge in [0.05, 0.1) is 13.2 Å². The van der Waals surface area contributed by atoms with E-state index in [-0.39, 0.29) is 26.4 Å². The average Bonchev–Trinajstić information content (AvgIpc) is 2.77. The summed E-state index contributed by atoms with van der Waals surface area (Å²) in [6.45, 7) is 0.489. The number of rotatable bonds is 12. The second kappa shape index (κ2) is 11.3. The van der Waals surface area contributed by atoms with Gasteiger partial charge in [-0.2, -0.15) is 0 Å². The van der Waals surface area contributed by atoms with Crippen molar-refractivity contribution in [2.75, 3.05) is 26.4 Å². The van der Waals surface area contributed by atoms with Crippen LogP contribution in [0.3, 0.4) is 0 Å². The van der Waals surface area contributed by atoms with Gasteiger partial charge in [0, 0.05) is 0 Å². The molecule has 0 unspecified atom stereocenters. The van der Waals surface area contributed by atoms with E-state index in [1.807, 2.05) is 66.7 Å². The van der Waals surface area contributed by atoms with E-state index in [9.17, 15) is 4.57 Å². The summed E-state index contributed by atoms with van der Waals surface area (Å²) in [6, 6.07) is 27.3. The number of para-hydroxylation sites is 3. The molecule has 0 bridgehead atoms. The zero-order valence-corrected chi connectivity index (χ0v) is 16.8. The highest BCUT2D eigenvalue weighted by Gasteiger charge is 2.28. The van der Waals surface area contributed by atoms with Crippen molar-refractivity contribution in [1.29, 1.82) is 0 Å². The molecule has 0 aliphatic rings. The molecule has 0 N–H and O–H groups in total. The van der Waals surface area contributed by atoms with Gasteiger partial charge in [-0.3, -0.25) is 9.05 Å². The summed E-state index contributed by atoms with van der Waals surface area (Å²) in [5.74, 6) is 1.79. The van der Waals surface area contributed by atoms with Crippen LogP contribution in [0.4, 0.5) is 0 Å². The molecule has 0 aliphatic heterocycles. The van der Waals surface area contributed by atoms with Gasteiger partial charge in [0.1, 0.15) is 30.5 Å². The van der Waals surface area contributed by atoms with Crippen LogP contribution in [0.2, 0.25) is 0 Å². The van der Waals surface area contributed by atoms with E-state index in [1.165, 1.54) is 0 Å². The maximum atomic E-state index is 13.0. The molecule has 0 fully saturated rings. The number of ether oxygens (including phenoxy) is 2. The van der Waals surface area contributed by atoms with Crippen molar-refractivity contribution < 1.29 is 27.6 Å². The minimum absolute atomic E-state index is 0.0402. The van der Waals surface area contributed by atoms with Gasteiger partial charge in [-0.15, -0.1) is 0 Å². The maximum Gasteiger partial charge on any atom is 0.530 e. The Hall–Kier alpha value is -2.79. The van der Waals surface area contributed by atoms with E-state index in [4.69, 9.17) is 23.0 Å². The molecule has 6 nitrogen and oxygen atoms in total. The molecule has 0 aliphatic carbocycles. The first-order chi connectivity index (χ1) is 14.2. The van der Waals surface area contributed by atoms with Crippen molar-refractivity contribution in [3.8, 4) is 17.2 Å². The van der Waals surface area contributed by atoms with Gasteiger partial charge in [0.25, 0.3) is 0 Å². The zero-order valence-electron chi connectivity index (χ0n) is 15.9. The highest BCUT2D eigenvalue weighted by molar-refractivity contribution is 7.48. The SMILES string of the molecule is O=P(OCCOc1ccccc1)(OCCOc1ccccc1)Oc1ccccc1. The molecule has 0 spiro atoms. The van der Waals surface area contributed by atoms with E-state index in [2.05, 4.69) is 0 Å². The molecule has 0 saturated carbocycles. The molecule has 0 radical (unpaired) electrons. The molecule has 3 aromatic rings. The van der Waals surface area contributed by atoms with Gasteiger partial charge in [-0.1, -0.05) is 54.6 Å². The van der Waals surface area contributed by atoms with E-state index in [1.54, 1.807) is 24.3 Å². The Kier molecular flexibility index (Phi) is 8.13. The molecule has 0 atom stereocenters. The number of hydrogen-bond acceptors (Lipinski definition) is 6. The standard InChI is InChI=1S/C22H23O6P/c23-29(28-22-14-8-3-9-15-22,26-18-16-24-20-10-4-1-5-11-20)27-19-17-25-21-12-6-2-7-13-21/h1-15H,16-19H2. The quantitative estimate of drug-likeness (QED) is 0.294. The summed E-state index contributed by atoms with van der Waals surface area (Å²) in [6.07, 6.45) is 0. The molecule has 7 heteroatoms. The highest BCUT2D eigenvalue weighted by Crippen LogP contribution is 2.49. The smallest absolute Gasteiger partial charge is 0.491 e. The Balaban J connectivity index is 1.50. The number of phosphoric ester groups is 1. The first-order valence-electron chi connectivity index (χ1n) is 9.23. The predicted molar refractivity (Wildman–Crippen MR) is 110 cm³/mol. The largest absolute Gasteiger partial charge is 0.530 e. The highest BCUT2D eigenvalue weighted by atomic mass is 31.2. The third-order valence-corrected chi connectivity index (χ3v) is 5.08. The first-order valence-corrected chi connectivity index (χ1v) is 10.7. The summed E-state index contributed by atoms with van der Waals surface area (Å²) < 4.78 is 40.5. The second-order valence-electron chi connectivity index (χ2n) is 5.84. The van der Waals surface area contributed by atoms with Crippen LogP contribution in [0.15, 0.2) is 91.0 Å². The Morgan fingerprint density at radius 1 is 0.517 bits per heavy atom. The third-order valence-electron chi connectivity index (χ3n) is 3.65. The van der Waals surface area contributed by atoms with Crippen LogP contribution in [0.25, 0.3) is 0 Å². The number of benzene rings is 3. The molecule has 0 amide bonds. The van der Waals surface area contributed by atoms with Crippen molar-refractivity contribution in [2.45, 2.75) is 0 Å². The Labute approximate surface area is 170 Å². The van der Waals surface area contributed by atoms with E-state index >= 15 is 0 Å². The summed E-state index contributed by atoms with van der Waals surface area (Å²) in [5, 5.41) is 0. The van der Waals surface area contributed by atoms with Gasteiger partial charge in [0.2, 0.25) is 0 Å². The lowest BCUT2D eigenvalue weighted by Gasteiger charge is -2.19. The molecule has 0 aromatic heterocycles. The lowest BCUT2D eigenvalue weighted by atomic mass is 10.3. The van der Waals surface area contributed by atoms with Crippen LogP contribution in [0, 0.1) is 0 Å². The van der Waals surface area contributed by atoms with Crippen LogP contribution in [0.1, 0.15) is 0 Å². The molecule has 3 aromatic carbocycles. The lowest BCUT2D eigenvalue weighted by molar-refractivity contribution is 0.119. The summed E-state index contributed by atoms with van der Waals surface area (Å²) >= 11 is 0. The van der Waals surface area contributed by atoms with Crippen LogP contribution < -0.4 is 14.0 Å². The van der Waals surface area contributed by atoms with Crippen LogP contribution in [0.5, 0.6) is 17.2 Å². The van der Waals surface area contributed by atoms with Crippen LogP contribution in [-0.4, -0.2) is 26.4 Å². The summed E-state index contributed by atoms with van der Waals surface area (Å²) in [5.41, 5.74) is 0. The number of hydrogen-bond donors (Lipinski definition) is 0. The minimum Gasteiger partial charge on any atom is -0.491 e. The van der Waals surface area contributed by atoms with Gasteiger partial charge in [-0.05, 0) is 36.4 Å². The Bertz CT molecular complexity index is 822. The monoisotopic (exact) mass is 414 g/mol. The molecule has 0 heterocycles. The zero-order chi connectivity index (χ0) is 20.2. The molecule has 29 heavy (non-hydrogen) atoms. The Morgan fingerprint density at radius 3 is 1.31 bits per heavy atom. The molecule has 0 saturated heterocycles. The van der Waals surface area contributed by atoms with Crippen LogP contribution >= 0.6 is 7.82 Å². The van der Waals surface area contributed by atoms with Gasteiger partial charge < -0.3 is 14.0 Å². The summed E-state index contributed by atoms with van der Waals surface area (Å²) in [4.78, 5) is 0. The third kappa shape index (κ3) is 7.62. The maximum absolute atomic E-state index is 13.0. The molecule has 152 valence electrons. The van der Waals surface area contributed by atoms with Crippen molar-refractivity contribution >= 4 is 7.82 Å². The Morgan fingerprint density at radius 2 is 0.897 bits per heavy atom. The first kappa shape index (κ1) is 20.9. The fourth-order valence-corrected chi connectivity index (χ4v) is 3.51. The van der Waals surface area contributed by atoms with Gasteiger partial charge in [0.15, 0.2) is 0 Å². The fourth-order valence-electron chi connectivity index (χ4n) is 2.35. The second-order valence-corrected chi connectivity index (χ2v) is 7.43. The lowest BCUT2D eigenvalue weighted by Crippen LogP contribution is -2.12. The van der Waals surface area contributed by atoms with Crippen molar-refractivity contribution in [3.63, 3.8) is 0 Å². The van der Waals surface area contributed by atoms with Gasteiger partial charge >= 0.3 is 7.82 Å². The predicted octanol–water partition coefficient (Wildman–Crippen LogP) is 5.36. The molecular formula is C22H23O6P. The fraction of sp³-hybridized carbons (Fsp3) is 0.182. The van der Waals surface area contributed by atoms with Crippen LogP contribution in [-0.2, 0) is 13.6 Å². The van der Waals surface area contributed by atoms with E-state index in [0.717, 1.165) is 0 Å². The van der Waals surface area contributed by atoms with Crippen molar-refractivity contribution in [2.24, 2.45) is 0 Å². The molecular weight excluding hydrogens is 391 g/mol.